The highest BCUT2D eigenvalue weighted by atomic mass is 32.2. The third kappa shape index (κ3) is 3.26. The molecule has 3 rings (SSSR count). The van der Waals surface area contributed by atoms with Crippen LogP contribution >= 0.6 is 0 Å². The molecule has 0 aliphatic rings. The van der Waals surface area contributed by atoms with Gasteiger partial charge in [0.25, 0.3) is 10.0 Å². The van der Waals surface area contributed by atoms with Gasteiger partial charge in [0.15, 0.2) is 0 Å². The third-order valence-corrected chi connectivity index (χ3v) is 4.92. The van der Waals surface area contributed by atoms with Crippen LogP contribution in [0.2, 0.25) is 0 Å². The zero-order valence-electron chi connectivity index (χ0n) is 13.2. The predicted molar refractivity (Wildman–Crippen MR) is 94.6 cm³/mol. The van der Waals surface area contributed by atoms with Gasteiger partial charge in [-0.2, -0.15) is 5.10 Å². The summed E-state index contributed by atoms with van der Waals surface area (Å²) in [5.74, 6) is 0.398. The number of para-hydroxylation sites is 1. The molecule has 24 heavy (non-hydrogen) atoms. The summed E-state index contributed by atoms with van der Waals surface area (Å²) >= 11 is 0. The van der Waals surface area contributed by atoms with Crippen molar-refractivity contribution in [3.8, 4) is 5.69 Å². The maximum atomic E-state index is 12.6. The van der Waals surface area contributed by atoms with Gasteiger partial charge in [-0.05, 0) is 42.8 Å². The number of nitrogens with one attached hydrogen (secondary N) is 1. The van der Waals surface area contributed by atoms with Crippen molar-refractivity contribution in [2.24, 2.45) is 0 Å². The zero-order chi connectivity index (χ0) is 17.2. The fourth-order valence-corrected chi connectivity index (χ4v) is 3.32. The lowest BCUT2D eigenvalue weighted by atomic mass is 10.3. The number of rotatable bonds is 5. The molecule has 2 aromatic carbocycles. The van der Waals surface area contributed by atoms with Gasteiger partial charge in [0.05, 0.1) is 16.3 Å². The maximum Gasteiger partial charge on any atom is 0.263 e. The Hall–Kier alpha value is -2.80. The molecule has 0 saturated heterocycles. The summed E-state index contributed by atoms with van der Waals surface area (Å²) in [6.07, 6.45) is 0.705. The number of aromatic nitrogens is 2. The van der Waals surface area contributed by atoms with Crippen molar-refractivity contribution in [3.63, 3.8) is 0 Å². The van der Waals surface area contributed by atoms with Crippen LogP contribution in [-0.2, 0) is 16.4 Å². The van der Waals surface area contributed by atoms with Crippen LogP contribution in [0.25, 0.3) is 5.69 Å². The number of benzene rings is 2. The molecule has 0 amide bonds. The second kappa shape index (κ2) is 6.37. The van der Waals surface area contributed by atoms with Crippen LogP contribution in [0, 0.1) is 0 Å². The number of hydrogen-bond acceptors (Lipinski definition) is 4. The van der Waals surface area contributed by atoms with Gasteiger partial charge in [-0.15, -0.1) is 0 Å². The standard InChI is InChI=1S/C17H18N4O2S/c1-2-14-12-17(21(19-14)15-6-4-3-5-7-15)20-24(22,23)16-10-8-13(18)9-11-16/h3-12,20H,2,18H2,1H3. The number of hydrogen-bond donors (Lipinski definition) is 2. The zero-order valence-corrected chi connectivity index (χ0v) is 14.0. The van der Waals surface area contributed by atoms with Gasteiger partial charge in [0.2, 0.25) is 0 Å². The Balaban J connectivity index is 2.00. The van der Waals surface area contributed by atoms with Crippen molar-refractivity contribution >= 4 is 21.5 Å². The molecule has 1 heterocycles. The van der Waals surface area contributed by atoms with Crippen molar-refractivity contribution in [1.29, 1.82) is 0 Å². The SMILES string of the molecule is CCc1cc(NS(=O)(=O)c2ccc(N)cc2)n(-c2ccccc2)n1. The fourth-order valence-electron chi connectivity index (χ4n) is 2.29. The summed E-state index contributed by atoms with van der Waals surface area (Å²) in [5.41, 5.74) is 7.71. The Kier molecular flexibility index (Phi) is 4.26. The van der Waals surface area contributed by atoms with E-state index in [0.29, 0.717) is 17.9 Å². The Bertz CT molecular complexity index is 932. The van der Waals surface area contributed by atoms with Gasteiger partial charge >= 0.3 is 0 Å². The number of nitrogens with two attached hydrogens (primary N) is 1. The number of nitrogens with zero attached hydrogens (tertiary/aromatic N) is 2. The van der Waals surface area contributed by atoms with Crippen LogP contribution in [0.4, 0.5) is 11.5 Å². The molecule has 1 aromatic heterocycles. The Labute approximate surface area is 141 Å². The summed E-state index contributed by atoms with van der Waals surface area (Å²) in [7, 11) is -3.72. The first-order chi connectivity index (χ1) is 11.5. The van der Waals surface area contributed by atoms with E-state index in [4.69, 9.17) is 5.73 Å². The minimum atomic E-state index is -3.72. The molecule has 7 heteroatoms. The lowest BCUT2D eigenvalue weighted by Crippen LogP contribution is -2.15. The molecular weight excluding hydrogens is 324 g/mol. The van der Waals surface area contributed by atoms with E-state index in [2.05, 4.69) is 9.82 Å². The third-order valence-electron chi connectivity index (χ3n) is 3.55. The molecule has 0 spiro atoms. The average Bonchev–Trinajstić information content (AvgIpc) is 2.98. The highest BCUT2D eigenvalue weighted by Gasteiger charge is 2.18. The summed E-state index contributed by atoms with van der Waals surface area (Å²) in [5, 5.41) is 4.46. The summed E-state index contributed by atoms with van der Waals surface area (Å²) in [6.45, 7) is 1.97. The van der Waals surface area contributed by atoms with E-state index in [1.807, 2.05) is 37.3 Å². The number of sulfonamides is 1. The largest absolute Gasteiger partial charge is 0.399 e. The first-order valence-corrected chi connectivity index (χ1v) is 9.00. The molecule has 3 N–H and O–H groups in total. The molecule has 124 valence electrons. The smallest absolute Gasteiger partial charge is 0.263 e. The van der Waals surface area contributed by atoms with E-state index >= 15 is 0 Å². The van der Waals surface area contributed by atoms with E-state index in [1.165, 1.54) is 12.1 Å². The molecule has 0 bridgehead atoms. The highest BCUT2D eigenvalue weighted by Crippen LogP contribution is 2.21. The molecule has 0 radical (unpaired) electrons. The van der Waals surface area contributed by atoms with Gasteiger partial charge in [0, 0.05) is 11.8 Å². The number of aryl methyl sites for hydroxylation is 1. The first-order valence-electron chi connectivity index (χ1n) is 7.52. The monoisotopic (exact) mass is 342 g/mol. The molecule has 0 aliphatic carbocycles. The van der Waals surface area contributed by atoms with Crippen molar-refractivity contribution in [1.82, 2.24) is 9.78 Å². The second-order valence-electron chi connectivity index (χ2n) is 5.30. The van der Waals surface area contributed by atoms with E-state index in [-0.39, 0.29) is 4.90 Å². The molecule has 0 unspecified atom stereocenters. The lowest BCUT2D eigenvalue weighted by Gasteiger charge is -2.10. The van der Waals surface area contributed by atoms with E-state index < -0.39 is 10.0 Å². The first kappa shape index (κ1) is 16.1. The summed E-state index contributed by atoms with van der Waals surface area (Å²) < 4.78 is 29.4. The summed E-state index contributed by atoms with van der Waals surface area (Å²) in [6, 6.07) is 17.2. The maximum absolute atomic E-state index is 12.6. The fraction of sp³-hybridized carbons (Fsp3) is 0.118. The average molecular weight is 342 g/mol. The Morgan fingerprint density at radius 2 is 1.75 bits per heavy atom. The molecule has 6 nitrogen and oxygen atoms in total. The normalized spacial score (nSPS) is 11.4. The molecule has 0 fully saturated rings. The predicted octanol–water partition coefficient (Wildman–Crippen LogP) is 2.82. The van der Waals surface area contributed by atoms with E-state index in [9.17, 15) is 8.42 Å². The summed E-state index contributed by atoms with van der Waals surface area (Å²) in [4.78, 5) is 0.149. The van der Waals surface area contributed by atoms with Crippen LogP contribution in [0.1, 0.15) is 12.6 Å². The Morgan fingerprint density at radius 1 is 1.08 bits per heavy atom. The number of anilines is 2. The minimum Gasteiger partial charge on any atom is -0.399 e. The van der Waals surface area contributed by atoms with Crippen LogP contribution < -0.4 is 10.5 Å². The van der Waals surface area contributed by atoms with Crippen molar-refractivity contribution in [2.75, 3.05) is 10.5 Å². The molecule has 0 atom stereocenters. The quantitative estimate of drug-likeness (QED) is 0.698. The van der Waals surface area contributed by atoms with Gasteiger partial charge in [-0.25, -0.2) is 13.1 Å². The number of nitrogen functional groups attached to an aromatic ring is 1. The van der Waals surface area contributed by atoms with Crippen molar-refractivity contribution in [3.05, 3.63) is 66.4 Å². The van der Waals surface area contributed by atoms with Gasteiger partial charge in [-0.1, -0.05) is 25.1 Å². The van der Waals surface area contributed by atoms with Crippen LogP contribution in [-0.4, -0.2) is 18.2 Å². The topological polar surface area (TPSA) is 90.0 Å². The van der Waals surface area contributed by atoms with Crippen molar-refractivity contribution < 1.29 is 8.42 Å². The van der Waals surface area contributed by atoms with Crippen molar-refractivity contribution in [2.45, 2.75) is 18.2 Å². The van der Waals surface area contributed by atoms with Gasteiger partial charge in [0.1, 0.15) is 5.82 Å². The van der Waals surface area contributed by atoms with Gasteiger partial charge < -0.3 is 5.73 Å². The minimum absolute atomic E-state index is 0.149. The second-order valence-corrected chi connectivity index (χ2v) is 6.98. The van der Waals surface area contributed by atoms with E-state index in [0.717, 1.165) is 11.4 Å². The lowest BCUT2D eigenvalue weighted by molar-refractivity contribution is 0.600. The van der Waals surface area contributed by atoms with Crippen LogP contribution in [0.5, 0.6) is 0 Å². The van der Waals surface area contributed by atoms with Crippen LogP contribution in [0.3, 0.4) is 0 Å². The Morgan fingerprint density at radius 3 is 2.38 bits per heavy atom. The van der Waals surface area contributed by atoms with Crippen LogP contribution in [0.15, 0.2) is 65.6 Å². The molecular formula is C17H18N4O2S. The van der Waals surface area contributed by atoms with Gasteiger partial charge in [-0.3, -0.25) is 4.72 Å². The molecule has 0 saturated carbocycles. The van der Waals surface area contributed by atoms with E-state index in [1.54, 1.807) is 22.9 Å². The molecule has 0 aliphatic heterocycles. The molecule has 3 aromatic rings. The highest BCUT2D eigenvalue weighted by molar-refractivity contribution is 7.92.